The second kappa shape index (κ2) is 2.02. The molecule has 0 fully saturated rings. The van der Waals surface area contributed by atoms with Crippen molar-refractivity contribution in [1.82, 2.24) is 9.78 Å². The predicted molar refractivity (Wildman–Crippen MR) is 40.1 cm³/mol. The van der Waals surface area contributed by atoms with E-state index in [1.165, 1.54) is 0 Å². The molecule has 0 bridgehead atoms. The van der Waals surface area contributed by atoms with Crippen LogP contribution in [0, 0.1) is 6.92 Å². The monoisotopic (exact) mass is 189 g/mol. The van der Waals surface area contributed by atoms with Gasteiger partial charge in [0.15, 0.2) is 5.82 Å². The van der Waals surface area contributed by atoms with E-state index in [1.807, 2.05) is 14.0 Å². The Balaban J connectivity index is 3.29. The Bertz CT molecular complexity index is 206. The molecule has 2 N–H and O–H groups in total. The number of rotatable bonds is 0. The van der Waals surface area contributed by atoms with Crippen LogP contribution in [0.3, 0.4) is 0 Å². The zero-order chi connectivity index (χ0) is 7.02. The van der Waals surface area contributed by atoms with Crippen LogP contribution in [-0.4, -0.2) is 9.78 Å². The lowest BCUT2D eigenvalue weighted by atomic mass is 10.5. The summed E-state index contributed by atoms with van der Waals surface area (Å²) >= 11 is 3.29. The van der Waals surface area contributed by atoms with Gasteiger partial charge in [0.2, 0.25) is 0 Å². The molecule has 0 aliphatic heterocycles. The summed E-state index contributed by atoms with van der Waals surface area (Å²) in [5, 5.41) is 3.96. The molecule has 0 aliphatic carbocycles. The highest BCUT2D eigenvalue weighted by atomic mass is 79.9. The summed E-state index contributed by atoms with van der Waals surface area (Å²) in [4.78, 5) is 0. The van der Waals surface area contributed by atoms with E-state index < -0.39 is 0 Å². The van der Waals surface area contributed by atoms with E-state index in [0.29, 0.717) is 5.82 Å². The van der Waals surface area contributed by atoms with E-state index in [-0.39, 0.29) is 0 Å². The minimum Gasteiger partial charge on any atom is -0.381 e. The van der Waals surface area contributed by atoms with Gasteiger partial charge in [0.05, 0.1) is 10.2 Å². The van der Waals surface area contributed by atoms with Crippen LogP contribution in [0.5, 0.6) is 0 Å². The van der Waals surface area contributed by atoms with Gasteiger partial charge in [-0.2, -0.15) is 5.10 Å². The third-order valence-corrected chi connectivity index (χ3v) is 2.27. The van der Waals surface area contributed by atoms with Crippen molar-refractivity contribution in [3.8, 4) is 0 Å². The van der Waals surface area contributed by atoms with Crippen LogP contribution in [0.4, 0.5) is 5.82 Å². The number of anilines is 1. The molecule has 1 heterocycles. The molecule has 1 aromatic heterocycles. The largest absolute Gasteiger partial charge is 0.381 e. The Hall–Kier alpha value is -0.510. The summed E-state index contributed by atoms with van der Waals surface area (Å²) in [6.07, 6.45) is 0. The Morgan fingerprint density at radius 3 is 2.33 bits per heavy atom. The summed E-state index contributed by atoms with van der Waals surface area (Å²) in [5.74, 6) is 0.551. The van der Waals surface area contributed by atoms with Gasteiger partial charge >= 0.3 is 0 Å². The Morgan fingerprint density at radius 1 is 1.67 bits per heavy atom. The molecular formula is C5H8BrN3. The maximum atomic E-state index is 5.46. The number of aromatic nitrogens is 2. The van der Waals surface area contributed by atoms with E-state index in [4.69, 9.17) is 5.73 Å². The van der Waals surface area contributed by atoms with Crippen molar-refractivity contribution in [3.05, 3.63) is 10.2 Å². The van der Waals surface area contributed by atoms with Gasteiger partial charge in [-0.15, -0.1) is 0 Å². The van der Waals surface area contributed by atoms with E-state index in [2.05, 4.69) is 21.0 Å². The smallest absolute Gasteiger partial charge is 0.160 e. The summed E-state index contributed by atoms with van der Waals surface area (Å²) in [6, 6.07) is 0. The van der Waals surface area contributed by atoms with Gasteiger partial charge in [-0.3, -0.25) is 4.68 Å². The molecule has 0 radical (unpaired) electrons. The first-order valence-corrected chi connectivity index (χ1v) is 3.37. The van der Waals surface area contributed by atoms with Gasteiger partial charge < -0.3 is 5.73 Å². The van der Waals surface area contributed by atoms with Crippen molar-refractivity contribution in [2.75, 3.05) is 5.73 Å². The summed E-state index contributed by atoms with van der Waals surface area (Å²) in [5.41, 5.74) is 6.51. The van der Waals surface area contributed by atoms with Crippen LogP contribution in [0.2, 0.25) is 0 Å². The molecule has 0 atom stereocenters. The third-order valence-electron chi connectivity index (χ3n) is 1.29. The van der Waals surface area contributed by atoms with Gasteiger partial charge in [0.25, 0.3) is 0 Å². The minimum atomic E-state index is 0.551. The van der Waals surface area contributed by atoms with Crippen LogP contribution >= 0.6 is 15.9 Å². The normalized spacial score (nSPS) is 10.1. The molecule has 0 unspecified atom stereocenters. The van der Waals surface area contributed by atoms with Gasteiger partial charge in [-0.1, -0.05) is 0 Å². The van der Waals surface area contributed by atoms with Crippen LogP contribution < -0.4 is 5.73 Å². The fourth-order valence-electron chi connectivity index (χ4n) is 0.608. The molecule has 9 heavy (non-hydrogen) atoms. The Labute approximate surface area is 62.0 Å². The van der Waals surface area contributed by atoms with E-state index in [1.54, 1.807) is 4.68 Å². The van der Waals surface area contributed by atoms with E-state index in [0.717, 1.165) is 10.2 Å². The van der Waals surface area contributed by atoms with Crippen molar-refractivity contribution in [3.63, 3.8) is 0 Å². The second-order valence-corrected chi connectivity index (χ2v) is 2.70. The molecule has 4 heteroatoms. The first-order valence-electron chi connectivity index (χ1n) is 2.57. The fourth-order valence-corrected chi connectivity index (χ4v) is 0.944. The van der Waals surface area contributed by atoms with Gasteiger partial charge in [0, 0.05) is 7.05 Å². The van der Waals surface area contributed by atoms with Crippen LogP contribution in [0.25, 0.3) is 0 Å². The summed E-state index contributed by atoms with van der Waals surface area (Å²) in [6.45, 7) is 1.95. The lowest BCUT2D eigenvalue weighted by molar-refractivity contribution is 0.743. The molecule has 1 rings (SSSR count). The molecule has 0 aliphatic rings. The standard InChI is InChI=1S/C5H8BrN3/c1-3-4(6)5(7)8-9(3)2/h1-2H3,(H2,7,8). The van der Waals surface area contributed by atoms with Crippen molar-refractivity contribution in [1.29, 1.82) is 0 Å². The van der Waals surface area contributed by atoms with Crippen molar-refractivity contribution < 1.29 is 0 Å². The number of aryl methyl sites for hydroxylation is 1. The highest BCUT2D eigenvalue weighted by Crippen LogP contribution is 2.20. The van der Waals surface area contributed by atoms with Gasteiger partial charge in [-0.05, 0) is 22.9 Å². The molecule has 0 amide bonds. The van der Waals surface area contributed by atoms with Crippen LogP contribution in [0.15, 0.2) is 4.47 Å². The number of halogens is 1. The fraction of sp³-hybridized carbons (Fsp3) is 0.400. The van der Waals surface area contributed by atoms with Gasteiger partial charge in [0.1, 0.15) is 0 Å². The Morgan fingerprint density at radius 2 is 2.22 bits per heavy atom. The highest BCUT2D eigenvalue weighted by Gasteiger charge is 2.04. The number of nitrogens with two attached hydrogens (primary N) is 1. The SMILES string of the molecule is Cc1c(Br)c(N)nn1C. The van der Waals surface area contributed by atoms with E-state index >= 15 is 0 Å². The summed E-state index contributed by atoms with van der Waals surface area (Å²) < 4.78 is 2.63. The topological polar surface area (TPSA) is 43.8 Å². The number of hydrogen-bond donors (Lipinski definition) is 1. The Kier molecular flexibility index (Phi) is 1.48. The lowest BCUT2D eigenvalue weighted by Crippen LogP contribution is -1.93. The molecule has 0 spiro atoms. The zero-order valence-electron chi connectivity index (χ0n) is 5.35. The van der Waals surface area contributed by atoms with E-state index in [9.17, 15) is 0 Å². The van der Waals surface area contributed by atoms with Crippen LogP contribution in [0.1, 0.15) is 5.69 Å². The second-order valence-electron chi connectivity index (χ2n) is 1.91. The molecule has 50 valence electrons. The molecule has 3 nitrogen and oxygen atoms in total. The third kappa shape index (κ3) is 0.941. The van der Waals surface area contributed by atoms with Crippen molar-refractivity contribution in [2.45, 2.75) is 6.92 Å². The molecule has 0 saturated carbocycles. The lowest BCUT2D eigenvalue weighted by Gasteiger charge is -1.89. The average Bonchev–Trinajstić information content (AvgIpc) is 1.98. The number of hydrogen-bond acceptors (Lipinski definition) is 2. The maximum Gasteiger partial charge on any atom is 0.160 e. The number of nitrogen functional groups attached to an aromatic ring is 1. The van der Waals surface area contributed by atoms with Crippen molar-refractivity contribution >= 4 is 21.7 Å². The first-order chi connectivity index (χ1) is 4.13. The zero-order valence-corrected chi connectivity index (χ0v) is 6.94. The highest BCUT2D eigenvalue weighted by molar-refractivity contribution is 9.10. The van der Waals surface area contributed by atoms with Gasteiger partial charge in [-0.25, -0.2) is 0 Å². The quantitative estimate of drug-likeness (QED) is 0.664. The van der Waals surface area contributed by atoms with Crippen LogP contribution in [-0.2, 0) is 7.05 Å². The molecular weight excluding hydrogens is 182 g/mol. The average molecular weight is 190 g/mol. The minimum absolute atomic E-state index is 0.551. The molecule has 1 aromatic rings. The number of nitrogens with zero attached hydrogens (tertiary/aromatic N) is 2. The molecule has 0 saturated heterocycles. The molecule has 0 aromatic carbocycles. The van der Waals surface area contributed by atoms with Crippen molar-refractivity contribution in [2.24, 2.45) is 7.05 Å². The maximum absolute atomic E-state index is 5.46. The summed E-state index contributed by atoms with van der Waals surface area (Å²) in [7, 11) is 1.86. The predicted octanol–water partition coefficient (Wildman–Crippen LogP) is 1.07. The first kappa shape index (κ1) is 6.61.